The molecule has 0 aliphatic carbocycles. The Hall–Kier alpha value is -2.84. The van der Waals surface area contributed by atoms with Gasteiger partial charge in [0.1, 0.15) is 0 Å². The topological polar surface area (TPSA) is 54.4 Å². The molecule has 17 heteroatoms. The molecule has 3 nitrogen and oxygen atoms in total. The van der Waals surface area contributed by atoms with Crippen molar-refractivity contribution in [2.45, 2.75) is 29.6 Å². The van der Waals surface area contributed by atoms with Crippen LogP contribution in [0, 0.1) is 0 Å². The first kappa shape index (κ1) is 30.7. The normalized spacial score (nSPS) is 13.7. The van der Waals surface area contributed by atoms with E-state index in [0.29, 0.717) is 6.07 Å². The molecule has 0 unspecified atom stereocenters. The van der Waals surface area contributed by atoms with Crippen LogP contribution in [0.4, 0.5) is 52.7 Å². The van der Waals surface area contributed by atoms with Crippen LogP contribution in [-0.4, -0.2) is 13.0 Å². The molecule has 212 valence electrons. The van der Waals surface area contributed by atoms with Gasteiger partial charge in [0.15, 0.2) is 0 Å². The van der Waals surface area contributed by atoms with Gasteiger partial charge in [-0.25, -0.2) is 0 Å². The van der Waals surface area contributed by atoms with Gasteiger partial charge in [0.25, 0.3) is 10.1 Å². The van der Waals surface area contributed by atoms with Crippen LogP contribution in [0.1, 0.15) is 22.3 Å². The Morgan fingerprint density at radius 3 is 1.13 bits per heavy atom. The van der Waals surface area contributed by atoms with Crippen molar-refractivity contribution in [3.05, 3.63) is 82.9 Å². The Morgan fingerprint density at radius 1 is 0.513 bits per heavy atom. The van der Waals surface area contributed by atoms with Crippen molar-refractivity contribution in [1.82, 2.24) is 0 Å². The van der Waals surface area contributed by atoms with Crippen molar-refractivity contribution in [1.29, 1.82) is 0 Å². The van der Waals surface area contributed by atoms with Crippen LogP contribution in [0.5, 0.6) is 0 Å². The molecule has 0 saturated carbocycles. The maximum Gasteiger partial charge on any atom is 0.416 e. The third-order valence-corrected chi connectivity index (χ3v) is 8.23. The number of halogens is 12. The molecular formula is C22H11F12O3PS. The lowest BCUT2D eigenvalue weighted by Crippen LogP contribution is -2.26. The first-order valence-electron chi connectivity index (χ1n) is 9.94. The summed E-state index contributed by atoms with van der Waals surface area (Å²) in [4.78, 5) is -0.960. The zero-order valence-electron chi connectivity index (χ0n) is 18.4. The van der Waals surface area contributed by atoms with Crippen LogP contribution in [0.2, 0.25) is 0 Å². The molecule has 1 N–H and O–H groups in total. The second-order valence-electron chi connectivity index (χ2n) is 7.84. The summed E-state index contributed by atoms with van der Waals surface area (Å²) < 4.78 is 194. The van der Waals surface area contributed by atoms with E-state index in [0.717, 1.165) is 18.2 Å². The highest BCUT2D eigenvalue weighted by molar-refractivity contribution is 7.86. The standard InChI is InChI=1S/C22H11F12O3PS/c23-19(24,25)11-4-12(20(26,27)28)7-16(6-11)38(15-2-1-3-18(10-15)39(35,36)37)17-8-13(21(29,30)31)5-14(9-17)22(32,33)34/h1-10H,(H,35,36,37). The first-order valence-corrected chi connectivity index (χ1v) is 12.7. The molecule has 0 atom stereocenters. The van der Waals surface area contributed by atoms with Gasteiger partial charge in [-0.2, -0.15) is 61.1 Å². The van der Waals surface area contributed by atoms with Crippen LogP contribution < -0.4 is 15.9 Å². The molecule has 0 radical (unpaired) electrons. The van der Waals surface area contributed by atoms with E-state index in [1.165, 1.54) is 0 Å². The summed E-state index contributed by atoms with van der Waals surface area (Å²) in [5.41, 5.74) is -7.63. The lowest BCUT2D eigenvalue weighted by Gasteiger charge is -2.24. The number of hydrogen-bond donors (Lipinski definition) is 1. The second kappa shape index (κ2) is 9.97. The van der Waals surface area contributed by atoms with E-state index < -0.39 is 85.8 Å². The Morgan fingerprint density at radius 2 is 0.846 bits per heavy atom. The fourth-order valence-electron chi connectivity index (χ4n) is 3.37. The van der Waals surface area contributed by atoms with Crippen molar-refractivity contribution in [2.24, 2.45) is 0 Å². The third kappa shape index (κ3) is 7.22. The van der Waals surface area contributed by atoms with Crippen molar-refractivity contribution >= 4 is 34.0 Å². The molecule has 0 saturated heterocycles. The molecular weight excluding hydrogens is 603 g/mol. The highest BCUT2D eigenvalue weighted by Gasteiger charge is 2.40. The van der Waals surface area contributed by atoms with Gasteiger partial charge in [-0.3, -0.25) is 4.55 Å². The highest BCUT2D eigenvalue weighted by Crippen LogP contribution is 2.43. The van der Waals surface area contributed by atoms with Crippen LogP contribution in [0.25, 0.3) is 0 Å². The van der Waals surface area contributed by atoms with E-state index in [4.69, 9.17) is 0 Å². The predicted octanol–water partition coefficient (Wildman–Crippen LogP) is 6.77. The number of hydrogen-bond acceptors (Lipinski definition) is 2. The summed E-state index contributed by atoms with van der Waals surface area (Å²) >= 11 is 0. The average Bonchev–Trinajstić information content (AvgIpc) is 2.76. The molecule has 0 heterocycles. The third-order valence-electron chi connectivity index (χ3n) is 5.03. The highest BCUT2D eigenvalue weighted by atomic mass is 32.2. The number of benzene rings is 3. The molecule has 3 rings (SSSR count). The minimum Gasteiger partial charge on any atom is -0.282 e. The van der Waals surface area contributed by atoms with Gasteiger partial charge < -0.3 is 0 Å². The van der Waals surface area contributed by atoms with Gasteiger partial charge in [-0.1, -0.05) is 12.1 Å². The van der Waals surface area contributed by atoms with Crippen LogP contribution >= 0.6 is 7.92 Å². The zero-order chi connectivity index (χ0) is 29.8. The first-order chi connectivity index (χ1) is 17.5. The maximum atomic E-state index is 13.5. The second-order valence-corrected chi connectivity index (χ2v) is 11.5. The van der Waals surface area contributed by atoms with Gasteiger partial charge in [-0.15, -0.1) is 0 Å². The maximum absolute atomic E-state index is 13.5. The van der Waals surface area contributed by atoms with E-state index in [1.54, 1.807) is 0 Å². The predicted molar refractivity (Wildman–Crippen MR) is 115 cm³/mol. The minimum atomic E-state index is -5.42. The summed E-state index contributed by atoms with van der Waals surface area (Å²) in [5.74, 6) is 0. The number of rotatable bonds is 4. The fraction of sp³-hybridized carbons (Fsp3) is 0.182. The molecule has 3 aromatic carbocycles. The average molecular weight is 614 g/mol. The van der Waals surface area contributed by atoms with Crippen LogP contribution in [0.15, 0.2) is 65.6 Å². The van der Waals surface area contributed by atoms with Crippen molar-refractivity contribution in [2.75, 3.05) is 0 Å². The molecule has 0 amide bonds. The zero-order valence-corrected chi connectivity index (χ0v) is 20.1. The Kier molecular flexibility index (Phi) is 7.85. The Balaban J connectivity index is 2.50. The molecule has 0 aliphatic rings. The van der Waals surface area contributed by atoms with E-state index in [-0.39, 0.29) is 36.4 Å². The van der Waals surface area contributed by atoms with E-state index in [1.807, 2.05) is 0 Å². The molecule has 0 aliphatic heterocycles. The molecule has 0 spiro atoms. The van der Waals surface area contributed by atoms with Gasteiger partial charge >= 0.3 is 24.7 Å². The van der Waals surface area contributed by atoms with E-state index >= 15 is 0 Å². The summed E-state index contributed by atoms with van der Waals surface area (Å²) in [5, 5.41) is -2.56. The molecule has 0 bridgehead atoms. The van der Waals surface area contributed by atoms with E-state index in [2.05, 4.69) is 0 Å². The number of alkyl halides is 12. The van der Waals surface area contributed by atoms with Gasteiger partial charge in [-0.05, 0) is 72.4 Å². The van der Waals surface area contributed by atoms with Gasteiger partial charge in [0.2, 0.25) is 0 Å². The smallest absolute Gasteiger partial charge is 0.282 e. The van der Waals surface area contributed by atoms with Crippen molar-refractivity contribution in [3.8, 4) is 0 Å². The summed E-state index contributed by atoms with van der Waals surface area (Å²) in [7, 11) is -8.20. The Bertz CT molecular complexity index is 1350. The molecule has 0 aromatic heterocycles. The van der Waals surface area contributed by atoms with Crippen molar-refractivity contribution < 1.29 is 65.7 Å². The minimum absolute atomic E-state index is 0.120. The van der Waals surface area contributed by atoms with Gasteiger partial charge in [0, 0.05) is 0 Å². The van der Waals surface area contributed by atoms with Crippen LogP contribution in [-0.2, 0) is 34.8 Å². The summed E-state index contributed by atoms with van der Waals surface area (Å²) in [6.45, 7) is 0. The molecule has 39 heavy (non-hydrogen) atoms. The largest absolute Gasteiger partial charge is 0.416 e. The quantitative estimate of drug-likeness (QED) is 0.201. The lowest BCUT2D eigenvalue weighted by molar-refractivity contribution is -0.144. The molecule has 3 aromatic rings. The monoisotopic (exact) mass is 614 g/mol. The summed E-state index contributed by atoms with van der Waals surface area (Å²) in [6.07, 6.45) is -21.7. The van der Waals surface area contributed by atoms with Gasteiger partial charge in [0.05, 0.1) is 27.1 Å². The summed E-state index contributed by atoms with van der Waals surface area (Å²) in [6, 6.07) is 2.89. The van der Waals surface area contributed by atoms with E-state index in [9.17, 15) is 65.7 Å². The Labute approximate surface area is 212 Å². The van der Waals surface area contributed by atoms with Crippen molar-refractivity contribution in [3.63, 3.8) is 0 Å². The molecule has 0 fully saturated rings. The van der Waals surface area contributed by atoms with Crippen LogP contribution in [0.3, 0.4) is 0 Å². The lowest BCUT2D eigenvalue weighted by atomic mass is 10.1. The fourth-order valence-corrected chi connectivity index (χ4v) is 6.45. The SMILES string of the molecule is O=S(=O)(O)c1cccc(P(c2cc(C(F)(F)F)cc(C(F)(F)F)c2)c2cc(C(F)(F)F)cc(C(F)(F)F)c2)c1.